The van der Waals surface area contributed by atoms with Crippen LogP contribution in [-0.4, -0.2) is 22.4 Å². The van der Waals surface area contributed by atoms with Gasteiger partial charge in [-0.3, -0.25) is 0 Å². The van der Waals surface area contributed by atoms with Crippen molar-refractivity contribution in [2.45, 2.75) is 57.2 Å². The summed E-state index contributed by atoms with van der Waals surface area (Å²) < 4.78 is 5.56. The Morgan fingerprint density at radius 2 is 2.21 bits per heavy atom. The second-order valence-corrected chi connectivity index (χ2v) is 7.64. The smallest absolute Gasteiger partial charge is 0.244 e. The van der Waals surface area contributed by atoms with Crippen LogP contribution >= 0.6 is 11.8 Å². The van der Waals surface area contributed by atoms with Crippen molar-refractivity contribution in [1.29, 1.82) is 0 Å². The molecule has 0 spiro atoms. The van der Waals surface area contributed by atoms with Crippen LogP contribution in [-0.2, 0) is 0 Å². The quantitative estimate of drug-likeness (QED) is 0.899. The number of hydrogen-bond donors (Lipinski definition) is 1. The number of nitrogens with zero attached hydrogens (tertiary/aromatic N) is 2. The lowest BCUT2D eigenvalue weighted by atomic mass is 9.77. The van der Waals surface area contributed by atoms with Crippen molar-refractivity contribution in [2.75, 3.05) is 12.3 Å². The lowest BCUT2D eigenvalue weighted by molar-refractivity contribution is 0.146. The van der Waals surface area contributed by atoms with Gasteiger partial charge in [-0.15, -0.1) is 0 Å². The second kappa shape index (κ2) is 5.44. The molecule has 3 rings (SSSR count). The third-order valence-electron chi connectivity index (χ3n) is 4.30. The summed E-state index contributed by atoms with van der Waals surface area (Å²) in [6, 6.07) is 0.205. The zero-order valence-electron chi connectivity index (χ0n) is 11.8. The maximum Gasteiger partial charge on any atom is 0.244 e. The predicted octanol–water partition coefficient (Wildman–Crippen LogP) is 3.48. The van der Waals surface area contributed by atoms with Gasteiger partial charge >= 0.3 is 0 Å². The first-order valence-corrected chi connectivity index (χ1v) is 8.40. The summed E-state index contributed by atoms with van der Waals surface area (Å²) in [5.74, 6) is 2.91. The Kier molecular flexibility index (Phi) is 3.85. The molecule has 2 unspecified atom stereocenters. The van der Waals surface area contributed by atoms with E-state index in [2.05, 4.69) is 24.3 Å². The first-order chi connectivity index (χ1) is 9.17. The molecular formula is C14H23N3OS. The molecule has 2 atom stereocenters. The Balaban J connectivity index is 1.76. The summed E-state index contributed by atoms with van der Waals surface area (Å²) in [6.45, 7) is 5.61. The Morgan fingerprint density at radius 1 is 1.32 bits per heavy atom. The first kappa shape index (κ1) is 13.4. The molecule has 3 heterocycles. The van der Waals surface area contributed by atoms with E-state index in [1.165, 1.54) is 37.9 Å². The molecule has 0 radical (unpaired) electrons. The fourth-order valence-corrected chi connectivity index (χ4v) is 4.31. The van der Waals surface area contributed by atoms with E-state index in [1.54, 1.807) is 0 Å². The van der Waals surface area contributed by atoms with E-state index in [9.17, 15) is 0 Å². The normalized spacial score (nSPS) is 31.3. The van der Waals surface area contributed by atoms with E-state index in [0.29, 0.717) is 5.25 Å². The van der Waals surface area contributed by atoms with Crippen LogP contribution in [0.15, 0.2) is 4.52 Å². The monoisotopic (exact) mass is 281 g/mol. The highest BCUT2D eigenvalue weighted by molar-refractivity contribution is 7.99. The molecule has 1 aromatic heterocycles. The maximum absolute atomic E-state index is 5.56. The minimum atomic E-state index is 0.196. The van der Waals surface area contributed by atoms with Crippen molar-refractivity contribution < 1.29 is 4.52 Å². The highest BCUT2D eigenvalue weighted by Crippen LogP contribution is 2.41. The van der Waals surface area contributed by atoms with Gasteiger partial charge in [-0.2, -0.15) is 16.7 Å². The molecule has 0 amide bonds. The van der Waals surface area contributed by atoms with Crippen molar-refractivity contribution >= 4 is 11.8 Å². The molecule has 2 saturated heterocycles. The third-order valence-corrected chi connectivity index (χ3v) is 5.67. The van der Waals surface area contributed by atoms with Crippen LogP contribution in [0.25, 0.3) is 0 Å². The first-order valence-electron chi connectivity index (χ1n) is 7.35. The Hall–Kier alpha value is -0.550. The molecule has 4 nitrogen and oxygen atoms in total. The number of aromatic nitrogens is 2. The van der Waals surface area contributed by atoms with Crippen LogP contribution in [0.3, 0.4) is 0 Å². The van der Waals surface area contributed by atoms with Gasteiger partial charge in [0.1, 0.15) is 0 Å². The highest BCUT2D eigenvalue weighted by atomic mass is 32.2. The van der Waals surface area contributed by atoms with Gasteiger partial charge in [0.25, 0.3) is 0 Å². The molecule has 106 valence electrons. The average Bonchev–Trinajstić information content (AvgIpc) is 2.88. The summed E-state index contributed by atoms with van der Waals surface area (Å²) in [6.07, 6.45) is 6.23. The molecule has 19 heavy (non-hydrogen) atoms. The summed E-state index contributed by atoms with van der Waals surface area (Å²) in [5, 5.41) is 8.22. The van der Waals surface area contributed by atoms with Gasteiger partial charge in [-0.05, 0) is 43.4 Å². The van der Waals surface area contributed by atoms with Crippen LogP contribution in [0.2, 0.25) is 0 Å². The number of thioether (sulfide) groups is 1. The van der Waals surface area contributed by atoms with Gasteiger partial charge in [-0.1, -0.05) is 25.4 Å². The van der Waals surface area contributed by atoms with Gasteiger partial charge in [0.05, 0.1) is 11.3 Å². The lowest BCUT2D eigenvalue weighted by Gasteiger charge is -2.36. The minimum absolute atomic E-state index is 0.196. The summed E-state index contributed by atoms with van der Waals surface area (Å²) in [7, 11) is 0. The van der Waals surface area contributed by atoms with Crippen LogP contribution in [0.5, 0.6) is 0 Å². The van der Waals surface area contributed by atoms with Crippen molar-refractivity contribution in [3.63, 3.8) is 0 Å². The summed E-state index contributed by atoms with van der Waals surface area (Å²) in [5.41, 5.74) is 0.196. The van der Waals surface area contributed by atoms with E-state index in [0.717, 1.165) is 18.3 Å². The van der Waals surface area contributed by atoms with Crippen LogP contribution in [0.4, 0.5) is 0 Å². The molecule has 2 fully saturated rings. The fourth-order valence-electron chi connectivity index (χ4n) is 3.07. The van der Waals surface area contributed by atoms with Crippen molar-refractivity contribution in [3.05, 3.63) is 11.7 Å². The largest absolute Gasteiger partial charge is 0.338 e. The molecule has 5 heteroatoms. The van der Waals surface area contributed by atoms with Gasteiger partial charge in [0.15, 0.2) is 5.82 Å². The lowest BCUT2D eigenvalue weighted by Crippen LogP contribution is -2.39. The maximum atomic E-state index is 5.56. The van der Waals surface area contributed by atoms with Gasteiger partial charge in [0.2, 0.25) is 5.89 Å². The molecule has 2 aliphatic rings. The van der Waals surface area contributed by atoms with Gasteiger partial charge in [-0.25, -0.2) is 0 Å². The fraction of sp³-hybridized carbons (Fsp3) is 0.857. The van der Waals surface area contributed by atoms with E-state index in [1.807, 2.05) is 11.8 Å². The van der Waals surface area contributed by atoms with Crippen LogP contribution < -0.4 is 5.32 Å². The van der Waals surface area contributed by atoms with Crippen molar-refractivity contribution in [2.24, 2.45) is 5.41 Å². The summed E-state index contributed by atoms with van der Waals surface area (Å²) in [4.78, 5) is 4.69. The number of rotatable bonds is 2. The number of hydrogen-bond acceptors (Lipinski definition) is 5. The van der Waals surface area contributed by atoms with Crippen molar-refractivity contribution in [3.8, 4) is 0 Å². The number of nitrogens with one attached hydrogen (secondary N) is 1. The third kappa shape index (κ3) is 2.82. The van der Waals surface area contributed by atoms with E-state index >= 15 is 0 Å². The Labute approximate surface area is 119 Å². The average molecular weight is 281 g/mol. The topological polar surface area (TPSA) is 51.0 Å². The van der Waals surface area contributed by atoms with Crippen LogP contribution in [0.1, 0.15) is 69.0 Å². The molecule has 2 aliphatic heterocycles. The van der Waals surface area contributed by atoms with E-state index < -0.39 is 0 Å². The van der Waals surface area contributed by atoms with E-state index in [-0.39, 0.29) is 11.5 Å². The van der Waals surface area contributed by atoms with E-state index in [4.69, 9.17) is 9.51 Å². The van der Waals surface area contributed by atoms with Crippen molar-refractivity contribution in [1.82, 2.24) is 15.5 Å². The molecule has 0 aliphatic carbocycles. The SMILES string of the molecule is CC1(C)CCCNC1c1nc(C2CCCCS2)no1. The highest BCUT2D eigenvalue weighted by Gasteiger charge is 2.37. The molecular weight excluding hydrogens is 258 g/mol. The van der Waals surface area contributed by atoms with Crippen LogP contribution in [0, 0.1) is 5.41 Å². The molecule has 0 bridgehead atoms. The Morgan fingerprint density at radius 3 is 2.95 bits per heavy atom. The molecule has 1 aromatic rings. The zero-order valence-corrected chi connectivity index (χ0v) is 12.6. The van der Waals surface area contributed by atoms with Gasteiger partial charge in [0, 0.05) is 0 Å². The zero-order chi connectivity index (χ0) is 13.3. The number of piperidine rings is 1. The Bertz CT molecular complexity index is 426. The standard InChI is InChI=1S/C14H23N3OS/c1-14(2)7-5-8-15-11(14)13-16-12(17-18-13)10-6-3-4-9-19-10/h10-11,15H,3-9H2,1-2H3. The predicted molar refractivity (Wildman–Crippen MR) is 77.1 cm³/mol. The summed E-state index contributed by atoms with van der Waals surface area (Å²) >= 11 is 1.97. The second-order valence-electron chi connectivity index (χ2n) is 6.33. The minimum Gasteiger partial charge on any atom is -0.338 e. The molecule has 1 N–H and O–H groups in total. The molecule has 0 aromatic carbocycles. The van der Waals surface area contributed by atoms with Gasteiger partial charge < -0.3 is 9.84 Å². The molecule has 0 saturated carbocycles.